The summed E-state index contributed by atoms with van der Waals surface area (Å²) in [4.78, 5) is 14.9. The molecular weight excluding hydrogens is 416 g/mol. The normalized spacial score (nSPS) is 11.8. The van der Waals surface area contributed by atoms with Gasteiger partial charge >= 0.3 is 6.03 Å². The van der Waals surface area contributed by atoms with E-state index in [9.17, 15) is 4.79 Å². The Kier molecular flexibility index (Phi) is 7.98. The molecule has 0 aliphatic carbocycles. The maximum Gasteiger partial charge on any atom is 0.318 e. The van der Waals surface area contributed by atoms with Crippen LogP contribution in [-0.2, 0) is 6.54 Å². The Morgan fingerprint density at radius 2 is 1.70 bits per heavy atom. The quantitative estimate of drug-likeness (QED) is 0.454. The molecule has 0 unspecified atom stereocenters. The van der Waals surface area contributed by atoms with Crippen molar-refractivity contribution < 1.29 is 14.3 Å². The number of methoxy groups -OCH3 is 1. The van der Waals surface area contributed by atoms with Crippen LogP contribution >= 0.6 is 0 Å². The molecule has 1 aromatic heterocycles. The lowest BCUT2D eigenvalue weighted by Crippen LogP contribution is -2.46. The number of ether oxygens (including phenoxy) is 2. The molecule has 33 heavy (non-hydrogen) atoms. The van der Waals surface area contributed by atoms with Crippen LogP contribution in [0, 0.1) is 6.92 Å². The zero-order chi connectivity index (χ0) is 24.0. The average molecular weight is 451 g/mol. The third-order valence-corrected chi connectivity index (χ3v) is 5.54. The summed E-state index contributed by atoms with van der Waals surface area (Å²) in [6.07, 6.45) is 0.833. The summed E-state index contributed by atoms with van der Waals surface area (Å²) in [5.74, 6) is 1.77. The van der Waals surface area contributed by atoms with Crippen molar-refractivity contribution in [2.45, 2.75) is 59.7 Å². The van der Waals surface area contributed by atoms with Gasteiger partial charge in [-0.15, -0.1) is 0 Å². The monoisotopic (exact) mass is 450 g/mol. The van der Waals surface area contributed by atoms with Crippen molar-refractivity contribution in [3.63, 3.8) is 0 Å². The van der Waals surface area contributed by atoms with Crippen LogP contribution in [0.3, 0.4) is 0 Å². The second kappa shape index (κ2) is 10.9. The summed E-state index contributed by atoms with van der Waals surface area (Å²) in [5.41, 5.74) is 2.52. The first-order valence-corrected chi connectivity index (χ1v) is 11.4. The molecule has 0 aliphatic rings. The van der Waals surface area contributed by atoms with Crippen LogP contribution < -0.4 is 14.8 Å². The van der Waals surface area contributed by atoms with Gasteiger partial charge in [-0.3, -0.25) is 0 Å². The minimum absolute atomic E-state index is 0.0431. The zero-order valence-corrected chi connectivity index (χ0v) is 20.3. The van der Waals surface area contributed by atoms with E-state index in [2.05, 4.69) is 19.2 Å². The highest BCUT2D eigenvalue weighted by molar-refractivity contribution is 5.75. The molecule has 176 valence electrons. The van der Waals surface area contributed by atoms with Crippen LogP contribution in [0.2, 0.25) is 0 Å². The van der Waals surface area contributed by atoms with Crippen LogP contribution in [0.1, 0.15) is 45.4 Å². The molecule has 0 bridgehead atoms. The SMILES string of the molecule is CC[C@H](C)N(Cc1c(C)nn(-c2ccccc2)c1Oc1ccccc1OC)C(=O)NC(C)C. The van der Waals surface area contributed by atoms with Gasteiger partial charge in [0.1, 0.15) is 0 Å². The number of benzene rings is 2. The van der Waals surface area contributed by atoms with E-state index < -0.39 is 0 Å². The minimum atomic E-state index is -0.102. The average Bonchev–Trinajstić information content (AvgIpc) is 3.12. The summed E-state index contributed by atoms with van der Waals surface area (Å²) in [6, 6.07) is 17.3. The lowest BCUT2D eigenvalue weighted by Gasteiger charge is -2.30. The second-order valence-corrected chi connectivity index (χ2v) is 8.36. The predicted octanol–water partition coefficient (Wildman–Crippen LogP) is 5.70. The zero-order valence-electron chi connectivity index (χ0n) is 20.3. The van der Waals surface area contributed by atoms with Crippen molar-refractivity contribution >= 4 is 6.03 Å². The lowest BCUT2D eigenvalue weighted by molar-refractivity contribution is 0.170. The van der Waals surface area contributed by atoms with E-state index in [4.69, 9.17) is 14.6 Å². The van der Waals surface area contributed by atoms with E-state index in [1.165, 1.54) is 0 Å². The molecule has 7 nitrogen and oxygen atoms in total. The van der Waals surface area contributed by atoms with Gasteiger partial charge in [0.2, 0.25) is 5.88 Å². The van der Waals surface area contributed by atoms with Crippen LogP contribution in [0.25, 0.3) is 5.69 Å². The van der Waals surface area contributed by atoms with Gasteiger partial charge < -0.3 is 19.7 Å². The molecule has 0 saturated heterocycles. The molecule has 2 aromatic carbocycles. The Morgan fingerprint density at radius 3 is 2.30 bits per heavy atom. The molecule has 1 heterocycles. The number of carbonyl (C=O) groups is 1. The van der Waals surface area contributed by atoms with Crippen molar-refractivity contribution in [2.24, 2.45) is 0 Å². The number of nitrogens with one attached hydrogen (secondary N) is 1. The van der Waals surface area contributed by atoms with Crippen molar-refractivity contribution in [3.05, 3.63) is 65.9 Å². The van der Waals surface area contributed by atoms with E-state index in [0.29, 0.717) is 23.9 Å². The fourth-order valence-corrected chi connectivity index (χ4v) is 3.53. The molecular formula is C26H34N4O3. The summed E-state index contributed by atoms with van der Waals surface area (Å²) >= 11 is 0. The predicted molar refractivity (Wildman–Crippen MR) is 130 cm³/mol. The molecule has 0 radical (unpaired) electrons. The van der Waals surface area contributed by atoms with E-state index in [-0.39, 0.29) is 18.1 Å². The first-order valence-electron chi connectivity index (χ1n) is 11.4. The number of amides is 2. The number of para-hydroxylation sites is 3. The molecule has 3 aromatic rings. The minimum Gasteiger partial charge on any atom is -0.493 e. The van der Waals surface area contributed by atoms with Gasteiger partial charge in [-0.25, -0.2) is 9.48 Å². The van der Waals surface area contributed by atoms with Gasteiger partial charge in [-0.05, 0) is 58.4 Å². The van der Waals surface area contributed by atoms with E-state index in [1.54, 1.807) is 11.8 Å². The van der Waals surface area contributed by atoms with E-state index >= 15 is 0 Å². The molecule has 0 fully saturated rings. The third kappa shape index (κ3) is 5.66. The number of urea groups is 1. The fraction of sp³-hybridized carbons (Fsp3) is 0.385. The van der Waals surface area contributed by atoms with Crippen LogP contribution in [-0.4, -0.2) is 39.9 Å². The maximum absolute atomic E-state index is 13.0. The van der Waals surface area contributed by atoms with Gasteiger partial charge in [0.15, 0.2) is 11.5 Å². The Hall–Kier alpha value is -3.48. The van der Waals surface area contributed by atoms with E-state index in [1.807, 2.05) is 80.3 Å². The number of aromatic nitrogens is 2. The number of nitrogens with zero attached hydrogens (tertiary/aromatic N) is 3. The number of carbonyl (C=O) groups excluding carboxylic acids is 1. The fourth-order valence-electron chi connectivity index (χ4n) is 3.53. The van der Waals surface area contributed by atoms with Crippen molar-refractivity contribution in [2.75, 3.05) is 7.11 Å². The summed E-state index contributed by atoms with van der Waals surface area (Å²) in [5, 5.41) is 7.81. The summed E-state index contributed by atoms with van der Waals surface area (Å²) in [6.45, 7) is 10.4. The first kappa shape index (κ1) is 24.2. The Labute approximate surface area is 196 Å². The molecule has 1 atom stereocenters. The van der Waals surface area contributed by atoms with Crippen molar-refractivity contribution in [3.8, 4) is 23.1 Å². The highest BCUT2D eigenvalue weighted by Gasteiger charge is 2.26. The van der Waals surface area contributed by atoms with Crippen LogP contribution in [0.15, 0.2) is 54.6 Å². The largest absolute Gasteiger partial charge is 0.493 e. The molecule has 7 heteroatoms. The molecule has 0 aliphatic heterocycles. The Bertz CT molecular complexity index is 1060. The van der Waals surface area contributed by atoms with Crippen molar-refractivity contribution in [1.29, 1.82) is 0 Å². The van der Waals surface area contributed by atoms with Gasteiger partial charge in [0, 0.05) is 12.1 Å². The van der Waals surface area contributed by atoms with Crippen molar-refractivity contribution in [1.82, 2.24) is 20.0 Å². The molecule has 2 amide bonds. The van der Waals surface area contributed by atoms with Gasteiger partial charge in [0.05, 0.1) is 30.6 Å². The number of hydrogen-bond donors (Lipinski definition) is 1. The number of aryl methyl sites for hydroxylation is 1. The second-order valence-electron chi connectivity index (χ2n) is 8.36. The van der Waals surface area contributed by atoms with Crippen LogP contribution in [0.4, 0.5) is 4.79 Å². The third-order valence-electron chi connectivity index (χ3n) is 5.54. The Morgan fingerprint density at radius 1 is 1.06 bits per heavy atom. The highest BCUT2D eigenvalue weighted by Crippen LogP contribution is 2.36. The highest BCUT2D eigenvalue weighted by atomic mass is 16.5. The Balaban J connectivity index is 2.10. The number of hydrogen-bond acceptors (Lipinski definition) is 4. The summed E-state index contributed by atoms with van der Waals surface area (Å²) in [7, 11) is 1.61. The first-order chi connectivity index (χ1) is 15.8. The maximum atomic E-state index is 13.0. The molecule has 0 saturated carbocycles. The topological polar surface area (TPSA) is 68.6 Å². The summed E-state index contributed by atoms with van der Waals surface area (Å²) < 4.78 is 13.7. The lowest BCUT2D eigenvalue weighted by atomic mass is 10.1. The van der Waals surface area contributed by atoms with E-state index in [0.717, 1.165) is 23.4 Å². The van der Waals surface area contributed by atoms with Gasteiger partial charge in [-0.2, -0.15) is 5.10 Å². The van der Waals surface area contributed by atoms with Gasteiger partial charge in [0.25, 0.3) is 0 Å². The number of rotatable bonds is 9. The molecule has 1 N–H and O–H groups in total. The van der Waals surface area contributed by atoms with Crippen LogP contribution in [0.5, 0.6) is 17.4 Å². The van der Waals surface area contributed by atoms with Gasteiger partial charge in [-0.1, -0.05) is 37.3 Å². The smallest absolute Gasteiger partial charge is 0.318 e. The molecule has 0 spiro atoms. The standard InChI is InChI=1S/C26H34N4O3/c1-7-19(4)29(26(31)27-18(2)3)17-22-20(5)28-30(21-13-9-8-10-14-21)25(22)33-24-16-12-11-15-23(24)32-6/h8-16,18-19H,7,17H2,1-6H3,(H,27,31)/t19-/m0/s1. The molecule has 3 rings (SSSR count).